The van der Waals surface area contributed by atoms with Crippen LogP contribution in [-0.2, 0) is 29.1 Å². The largest absolute Gasteiger partial charge is 0.416 e. The van der Waals surface area contributed by atoms with Crippen LogP contribution in [0, 0.1) is 0 Å². The van der Waals surface area contributed by atoms with Gasteiger partial charge < -0.3 is 15.1 Å². The van der Waals surface area contributed by atoms with Gasteiger partial charge in [0.15, 0.2) is 0 Å². The summed E-state index contributed by atoms with van der Waals surface area (Å²) in [6.07, 6.45) is 5.95. The predicted octanol–water partition coefficient (Wildman–Crippen LogP) is 7.37. The first-order chi connectivity index (χ1) is 17.1. The molecular formula is C28H39F3NO3P. The highest BCUT2D eigenvalue weighted by atomic mass is 31.2. The van der Waals surface area contributed by atoms with Crippen LogP contribution in [0.1, 0.15) is 86.5 Å². The molecule has 3 N–H and O–H groups in total. The first-order valence-corrected chi connectivity index (χ1v) is 14.9. The van der Waals surface area contributed by atoms with Crippen molar-refractivity contribution in [2.75, 3.05) is 12.7 Å². The van der Waals surface area contributed by atoms with Crippen molar-refractivity contribution in [2.24, 2.45) is 0 Å². The molecule has 200 valence electrons. The van der Waals surface area contributed by atoms with Crippen molar-refractivity contribution in [3.05, 3.63) is 70.8 Å². The number of halogens is 3. The fourth-order valence-corrected chi connectivity index (χ4v) is 6.09. The summed E-state index contributed by atoms with van der Waals surface area (Å²) in [7, 11) is -4.05. The van der Waals surface area contributed by atoms with Gasteiger partial charge in [0, 0.05) is 6.54 Å². The second kappa shape index (κ2) is 13.2. The molecule has 1 fully saturated rings. The van der Waals surface area contributed by atoms with Gasteiger partial charge in [0.25, 0.3) is 0 Å². The summed E-state index contributed by atoms with van der Waals surface area (Å²) in [6.45, 7) is 0.560. The van der Waals surface area contributed by atoms with Gasteiger partial charge in [0.05, 0.1) is 11.7 Å². The summed E-state index contributed by atoms with van der Waals surface area (Å²) < 4.78 is 52.1. The van der Waals surface area contributed by atoms with E-state index in [0.717, 1.165) is 25.7 Å². The number of benzene rings is 2. The van der Waals surface area contributed by atoms with Gasteiger partial charge in [-0.05, 0) is 73.2 Å². The Hall–Kier alpha value is -1.66. The van der Waals surface area contributed by atoms with Crippen LogP contribution in [0.5, 0.6) is 0 Å². The Morgan fingerprint density at radius 3 is 2.31 bits per heavy atom. The Kier molecular flexibility index (Phi) is 10.6. The average Bonchev–Trinajstić information content (AvgIpc) is 2.84. The molecule has 0 radical (unpaired) electrons. The molecular weight excluding hydrogens is 486 g/mol. The van der Waals surface area contributed by atoms with Crippen LogP contribution in [-0.4, -0.2) is 22.5 Å². The van der Waals surface area contributed by atoms with Gasteiger partial charge in [-0.3, -0.25) is 4.57 Å². The highest BCUT2D eigenvalue weighted by Gasteiger charge is 2.34. The van der Waals surface area contributed by atoms with Gasteiger partial charge in [-0.2, -0.15) is 13.2 Å². The van der Waals surface area contributed by atoms with Crippen molar-refractivity contribution in [3.8, 4) is 0 Å². The van der Waals surface area contributed by atoms with Crippen LogP contribution < -0.4 is 5.32 Å². The minimum absolute atomic E-state index is 0.219. The van der Waals surface area contributed by atoms with Gasteiger partial charge in [-0.25, -0.2) is 0 Å². The van der Waals surface area contributed by atoms with E-state index in [2.05, 4.69) is 29.6 Å². The molecule has 0 unspecified atom stereocenters. The molecule has 1 aliphatic carbocycles. The fourth-order valence-electron chi connectivity index (χ4n) is 5.52. The smallest absolute Gasteiger partial charge is 0.324 e. The maximum absolute atomic E-state index is 13.8. The van der Waals surface area contributed by atoms with E-state index >= 15 is 0 Å². The van der Waals surface area contributed by atoms with E-state index in [-0.39, 0.29) is 24.5 Å². The lowest BCUT2D eigenvalue weighted by Gasteiger charge is -2.38. The Bertz CT molecular complexity index is 985. The summed E-state index contributed by atoms with van der Waals surface area (Å²) in [6, 6.07) is 15.2. The van der Waals surface area contributed by atoms with Crippen LogP contribution >= 0.6 is 7.60 Å². The molecule has 0 saturated heterocycles. The zero-order valence-corrected chi connectivity index (χ0v) is 21.8. The van der Waals surface area contributed by atoms with E-state index in [9.17, 15) is 17.7 Å². The van der Waals surface area contributed by atoms with Gasteiger partial charge in [-0.1, -0.05) is 74.6 Å². The average molecular weight is 526 g/mol. The second-order valence-corrected chi connectivity index (χ2v) is 12.0. The third kappa shape index (κ3) is 9.02. The lowest BCUT2D eigenvalue weighted by molar-refractivity contribution is -0.138. The van der Waals surface area contributed by atoms with Gasteiger partial charge in [0.2, 0.25) is 0 Å². The summed E-state index contributed by atoms with van der Waals surface area (Å²) in [5.41, 5.74) is 1.91. The van der Waals surface area contributed by atoms with Crippen molar-refractivity contribution >= 4 is 7.60 Å². The van der Waals surface area contributed by atoms with Gasteiger partial charge in [-0.15, -0.1) is 0 Å². The minimum atomic E-state index is -4.41. The number of nitrogens with one attached hydrogen (secondary N) is 1. The van der Waals surface area contributed by atoms with Crippen molar-refractivity contribution in [2.45, 2.75) is 88.8 Å². The topological polar surface area (TPSA) is 69.6 Å². The number of hydrogen-bond acceptors (Lipinski definition) is 2. The van der Waals surface area contributed by atoms with Gasteiger partial charge in [0.1, 0.15) is 0 Å². The number of hydrogen-bond donors (Lipinski definition) is 3. The molecule has 0 spiro atoms. The number of rotatable bonds is 13. The van der Waals surface area contributed by atoms with Crippen molar-refractivity contribution in [1.82, 2.24) is 5.32 Å². The van der Waals surface area contributed by atoms with Crippen LogP contribution in [0.3, 0.4) is 0 Å². The lowest BCUT2D eigenvalue weighted by atomic mass is 9.66. The summed E-state index contributed by atoms with van der Waals surface area (Å²) in [5.74, 6) is 0. The number of unbranched alkanes of at least 4 members (excludes halogenated alkanes) is 2. The van der Waals surface area contributed by atoms with E-state index in [1.54, 1.807) is 12.1 Å². The second-order valence-electron chi connectivity index (χ2n) is 10.2. The van der Waals surface area contributed by atoms with Crippen LogP contribution in [0.4, 0.5) is 13.2 Å². The first kappa shape index (κ1) is 28.9. The number of alkyl halides is 3. The molecule has 36 heavy (non-hydrogen) atoms. The fraction of sp³-hybridized carbons (Fsp3) is 0.571. The van der Waals surface area contributed by atoms with Gasteiger partial charge >= 0.3 is 13.8 Å². The molecule has 0 aliphatic heterocycles. The molecule has 0 atom stereocenters. The van der Waals surface area contributed by atoms with Crippen LogP contribution in [0.15, 0.2) is 48.5 Å². The van der Waals surface area contributed by atoms with Crippen LogP contribution in [0.2, 0.25) is 0 Å². The molecule has 0 amide bonds. The van der Waals surface area contributed by atoms with Crippen molar-refractivity contribution in [3.63, 3.8) is 0 Å². The third-order valence-corrected chi connectivity index (χ3v) is 8.31. The molecule has 1 saturated carbocycles. The van der Waals surface area contributed by atoms with Crippen LogP contribution in [0.25, 0.3) is 0 Å². The Morgan fingerprint density at radius 2 is 1.64 bits per heavy atom. The summed E-state index contributed by atoms with van der Waals surface area (Å²) >= 11 is 0. The normalized spacial score (nSPS) is 16.2. The molecule has 2 aromatic rings. The quantitative estimate of drug-likeness (QED) is 0.189. The Balaban J connectivity index is 1.52. The summed E-state index contributed by atoms with van der Waals surface area (Å²) in [5, 5.41) is 2.97. The molecule has 2 aromatic carbocycles. The maximum atomic E-state index is 13.8. The highest BCUT2D eigenvalue weighted by Crippen LogP contribution is 2.43. The predicted molar refractivity (Wildman–Crippen MR) is 138 cm³/mol. The standard InChI is InChI=1S/C28H39F3NO3P/c29-28(30,31)26-21-23(22-32-19-10-20-36(33,34)35)14-15-24(26)11-4-2-7-16-27(17-8-3-9-18-27)25-12-5-1-6-13-25/h1,5-6,12-15,21,32H,2-4,7-11,16-20,22H2,(H2,33,34,35). The molecule has 3 rings (SSSR count). The SMILES string of the molecule is O=P(O)(O)CCCNCc1ccc(CCCCCC2(c3ccccc3)CCCCC2)c(C(F)(F)F)c1. The zero-order valence-electron chi connectivity index (χ0n) is 20.9. The zero-order chi connectivity index (χ0) is 26.1. The number of aryl methyl sites for hydroxylation is 1. The third-order valence-electron chi connectivity index (χ3n) is 7.41. The van der Waals surface area contributed by atoms with Crippen molar-refractivity contribution < 1.29 is 27.5 Å². The Morgan fingerprint density at radius 1 is 0.917 bits per heavy atom. The monoisotopic (exact) mass is 525 g/mol. The maximum Gasteiger partial charge on any atom is 0.416 e. The first-order valence-electron chi connectivity index (χ1n) is 13.1. The van der Waals surface area contributed by atoms with E-state index in [1.165, 1.54) is 43.7 Å². The molecule has 0 heterocycles. The van der Waals surface area contributed by atoms with E-state index < -0.39 is 19.3 Å². The van der Waals surface area contributed by atoms with E-state index in [1.807, 2.05) is 6.07 Å². The summed E-state index contributed by atoms with van der Waals surface area (Å²) in [4.78, 5) is 17.8. The molecule has 0 bridgehead atoms. The van der Waals surface area contributed by atoms with Crippen molar-refractivity contribution in [1.29, 1.82) is 0 Å². The van der Waals surface area contributed by atoms with E-state index in [0.29, 0.717) is 24.1 Å². The Labute approximate surface area is 212 Å². The molecule has 1 aliphatic rings. The molecule has 8 heteroatoms. The lowest BCUT2D eigenvalue weighted by Crippen LogP contribution is -2.29. The minimum Gasteiger partial charge on any atom is -0.324 e. The molecule has 4 nitrogen and oxygen atoms in total. The molecule has 0 aromatic heterocycles. The highest BCUT2D eigenvalue weighted by molar-refractivity contribution is 7.51. The van der Waals surface area contributed by atoms with E-state index in [4.69, 9.17) is 9.79 Å².